The van der Waals surface area contributed by atoms with Crippen LogP contribution in [0.3, 0.4) is 0 Å². The quantitative estimate of drug-likeness (QED) is 0.684. The third-order valence-electron chi connectivity index (χ3n) is 3.51. The molecule has 24 heavy (non-hydrogen) atoms. The molecule has 0 saturated carbocycles. The van der Waals surface area contributed by atoms with Crippen LogP contribution in [0.25, 0.3) is 21.6 Å². The third kappa shape index (κ3) is 2.89. The van der Waals surface area contributed by atoms with E-state index < -0.39 is 11.9 Å². The molecule has 0 N–H and O–H groups in total. The maximum Gasteiger partial charge on any atom is 0.434 e. The predicted molar refractivity (Wildman–Crippen MR) is 85.7 cm³/mol. The molecular formula is C16H13F3N2O2S. The van der Waals surface area contributed by atoms with Crippen LogP contribution in [0.4, 0.5) is 13.2 Å². The van der Waals surface area contributed by atoms with Gasteiger partial charge in [-0.1, -0.05) is 0 Å². The molecule has 0 aliphatic rings. The first-order valence-electron chi connectivity index (χ1n) is 6.90. The molecule has 3 aromatic rings. The Hall–Kier alpha value is -2.35. The highest BCUT2D eigenvalue weighted by Crippen LogP contribution is 2.37. The number of thiazole rings is 1. The Morgan fingerprint density at radius 1 is 1.04 bits per heavy atom. The van der Waals surface area contributed by atoms with Crippen LogP contribution in [0.2, 0.25) is 0 Å². The second kappa shape index (κ2) is 5.94. The summed E-state index contributed by atoms with van der Waals surface area (Å²) in [6, 6.07) is 5.16. The molecule has 126 valence electrons. The minimum absolute atomic E-state index is 0.217. The number of hydrogen-bond acceptors (Lipinski definition) is 5. The maximum absolute atomic E-state index is 12.7. The fourth-order valence-corrected chi connectivity index (χ4v) is 3.20. The van der Waals surface area contributed by atoms with Crippen molar-refractivity contribution in [2.45, 2.75) is 13.1 Å². The van der Waals surface area contributed by atoms with E-state index in [0.717, 1.165) is 27.7 Å². The fraction of sp³-hybridized carbons (Fsp3) is 0.250. The van der Waals surface area contributed by atoms with E-state index in [0.29, 0.717) is 22.7 Å². The summed E-state index contributed by atoms with van der Waals surface area (Å²) in [5, 5.41) is 1.99. The molecule has 4 nitrogen and oxygen atoms in total. The number of methoxy groups -OCH3 is 2. The number of benzene rings is 1. The van der Waals surface area contributed by atoms with Gasteiger partial charge in [0.05, 0.1) is 25.4 Å². The first-order valence-corrected chi connectivity index (χ1v) is 7.78. The number of pyridine rings is 1. The number of halogens is 3. The van der Waals surface area contributed by atoms with E-state index in [-0.39, 0.29) is 5.01 Å². The molecule has 8 heteroatoms. The molecule has 0 amide bonds. The predicted octanol–water partition coefficient (Wildman–Crippen LogP) is 4.70. The van der Waals surface area contributed by atoms with Crippen LogP contribution in [-0.4, -0.2) is 24.2 Å². The van der Waals surface area contributed by atoms with Crippen molar-refractivity contribution in [1.82, 2.24) is 9.97 Å². The molecular weight excluding hydrogens is 341 g/mol. The first-order chi connectivity index (χ1) is 11.3. The molecule has 0 bridgehead atoms. The molecule has 2 heterocycles. The molecule has 0 atom stereocenters. The van der Waals surface area contributed by atoms with Crippen LogP contribution in [0.1, 0.15) is 11.3 Å². The minimum atomic E-state index is -4.47. The Morgan fingerprint density at radius 2 is 1.79 bits per heavy atom. The Kier molecular flexibility index (Phi) is 4.08. The lowest BCUT2D eigenvalue weighted by atomic mass is 10.1. The zero-order chi connectivity index (χ0) is 17.5. The van der Waals surface area contributed by atoms with E-state index in [1.165, 1.54) is 14.2 Å². The number of alkyl halides is 3. The van der Waals surface area contributed by atoms with Crippen LogP contribution in [0.15, 0.2) is 23.6 Å². The second-order valence-electron chi connectivity index (χ2n) is 5.08. The summed E-state index contributed by atoms with van der Waals surface area (Å²) >= 11 is 0.911. The molecule has 3 rings (SSSR count). The monoisotopic (exact) mass is 354 g/mol. The van der Waals surface area contributed by atoms with E-state index in [9.17, 15) is 13.2 Å². The highest BCUT2D eigenvalue weighted by Gasteiger charge is 2.34. The van der Waals surface area contributed by atoms with Gasteiger partial charge in [-0.3, -0.25) is 0 Å². The lowest BCUT2D eigenvalue weighted by Gasteiger charge is -2.11. The van der Waals surface area contributed by atoms with Gasteiger partial charge in [-0.05, 0) is 18.6 Å². The van der Waals surface area contributed by atoms with Gasteiger partial charge >= 0.3 is 6.18 Å². The summed E-state index contributed by atoms with van der Waals surface area (Å²) in [5.41, 5.74) is 0.879. The van der Waals surface area contributed by atoms with Gasteiger partial charge in [-0.15, -0.1) is 11.3 Å². The van der Waals surface area contributed by atoms with Crippen molar-refractivity contribution >= 4 is 22.2 Å². The molecule has 0 aliphatic heterocycles. The topological polar surface area (TPSA) is 44.2 Å². The summed E-state index contributed by atoms with van der Waals surface area (Å²) in [6.45, 7) is 1.85. The highest BCUT2D eigenvalue weighted by atomic mass is 32.1. The van der Waals surface area contributed by atoms with E-state index in [1.54, 1.807) is 18.2 Å². The van der Waals surface area contributed by atoms with Gasteiger partial charge in [0.15, 0.2) is 5.69 Å². The van der Waals surface area contributed by atoms with Crippen LogP contribution in [-0.2, 0) is 6.18 Å². The van der Waals surface area contributed by atoms with Crippen LogP contribution in [0, 0.1) is 6.92 Å². The van der Waals surface area contributed by atoms with E-state index in [1.807, 2.05) is 6.92 Å². The zero-order valence-corrected chi connectivity index (χ0v) is 13.9. The number of rotatable bonds is 3. The summed E-state index contributed by atoms with van der Waals surface area (Å²) in [7, 11) is 3.06. The highest BCUT2D eigenvalue weighted by molar-refractivity contribution is 7.13. The number of aromatic nitrogens is 2. The Labute approximate surface area is 139 Å². The van der Waals surface area contributed by atoms with Crippen molar-refractivity contribution < 1.29 is 22.6 Å². The van der Waals surface area contributed by atoms with Crippen LogP contribution in [0.5, 0.6) is 11.5 Å². The van der Waals surface area contributed by atoms with Gasteiger partial charge in [0, 0.05) is 22.9 Å². The van der Waals surface area contributed by atoms with E-state index in [4.69, 9.17) is 9.47 Å². The molecule has 2 aromatic heterocycles. The van der Waals surface area contributed by atoms with Crippen LogP contribution < -0.4 is 9.47 Å². The van der Waals surface area contributed by atoms with E-state index >= 15 is 0 Å². The van der Waals surface area contributed by atoms with Crippen molar-refractivity contribution in [3.05, 3.63) is 34.8 Å². The zero-order valence-electron chi connectivity index (χ0n) is 13.1. The lowest BCUT2D eigenvalue weighted by molar-refractivity contribution is -0.140. The number of fused-ring (bicyclic) bond motifs is 1. The van der Waals surface area contributed by atoms with Crippen molar-refractivity contribution in [2.24, 2.45) is 0 Å². The normalized spacial score (nSPS) is 11.8. The average Bonchev–Trinajstić information content (AvgIpc) is 3.03. The molecule has 0 radical (unpaired) electrons. The maximum atomic E-state index is 12.7. The molecule has 0 saturated heterocycles. The minimum Gasteiger partial charge on any atom is -0.497 e. The van der Waals surface area contributed by atoms with Crippen molar-refractivity contribution in [3.63, 3.8) is 0 Å². The Morgan fingerprint density at radius 3 is 2.38 bits per heavy atom. The lowest BCUT2D eigenvalue weighted by Crippen LogP contribution is -2.05. The molecule has 1 aromatic carbocycles. The summed E-state index contributed by atoms with van der Waals surface area (Å²) in [5.74, 6) is 1.15. The smallest absolute Gasteiger partial charge is 0.434 e. The first kappa shape index (κ1) is 16.5. The SMILES string of the molecule is COc1cc(OC)c2c(C)cc(-c3nc(C(F)(F)F)cs3)nc2c1. The molecule has 0 aliphatic carbocycles. The van der Waals surface area contributed by atoms with E-state index in [2.05, 4.69) is 9.97 Å². The number of hydrogen-bond donors (Lipinski definition) is 0. The Balaban J connectivity index is 2.18. The van der Waals surface area contributed by atoms with Gasteiger partial charge in [0.2, 0.25) is 0 Å². The second-order valence-corrected chi connectivity index (χ2v) is 5.94. The molecule has 0 unspecified atom stereocenters. The van der Waals surface area contributed by atoms with Crippen molar-refractivity contribution in [3.8, 4) is 22.2 Å². The fourth-order valence-electron chi connectivity index (χ4n) is 2.41. The van der Waals surface area contributed by atoms with Gasteiger partial charge in [0.25, 0.3) is 0 Å². The largest absolute Gasteiger partial charge is 0.497 e. The van der Waals surface area contributed by atoms with Gasteiger partial charge < -0.3 is 9.47 Å². The number of aryl methyl sites for hydroxylation is 1. The Bertz CT molecular complexity index is 906. The molecule has 0 fully saturated rings. The third-order valence-corrected chi connectivity index (χ3v) is 4.38. The summed E-state index contributed by atoms with van der Waals surface area (Å²) in [4.78, 5) is 8.09. The van der Waals surface area contributed by atoms with Gasteiger partial charge in [0.1, 0.15) is 16.5 Å². The van der Waals surface area contributed by atoms with Gasteiger partial charge in [-0.2, -0.15) is 13.2 Å². The molecule has 0 spiro atoms. The van der Waals surface area contributed by atoms with Gasteiger partial charge in [-0.25, -0.2) is 9.97 Å². The van der Waals surface area contributed by atoms with Crippen LogP contribution >= 0.6 is 11.3 Å². The average molecular weight is 354 g/mol. The standard InChI is InChI=1S/C16H13F3N2O2S/c1-8-4-11(15-21-13(7-24-15)16(17,18)19)20-10-5-9(22-2)6-12(23-3)14(8)10/h4-7H,1-3H3. The van der Waals surface area contributed by atoms with Crippen molar-refractivity contribution in [2.75, 3.05) is 14.2 Å². The summed E-state index contributed by atoms with van der Waals surface area (Å²) in [6.07, 6.45) is -4.47. The number of ether oxygens (including phenoxy) is 2. The van der Waals surface area contributed by atoms with Crippen molar-refractivity contribution in [1.29, 1.82) is 0 Å². The number of nitrogens with zero attached hydrogens (tertiary/aromatic N) is 2. The summed E-state index contributed by atoms with van der Waals surface area (Å²) < 4.78 is 48.8.